The molecule has 142 valence electrons. The van der Waals surface area contributed by atoms with Gasteiger partial charge in [0.1, 0.15) is 12.3 Å². The summed E-state index contributed by atoms with van der Waals surface area (Å²) in [6.07, 6.45) is 4.47. The van der Waals surface area contributed by atoms with Gasteiger partial charge in [-0.3, -0.25) is 4.79 Å². The molecule has 2 aromatic carbocycles. The van der Waals surface area contributed by atoms with Crippen molar-refractivity contribution in [1.82, 2.24) is 25.3 Å². The van der Waals surface area contributed by atoms with E-state index < -0.39 is 0 Å². The van der Waals surface area contributed by atoms with E-state index in [1.54, 1.807) is 11.8 Å². The van der Waals surface area contributed by atoms with Crippen LogP contribution in [0.3, 0.4) is 0 Å². The van der Waals surface area contributed by atoms with E-state index in [2.05, 4.69) is 26.7 Å². The second-order valence-corrected chi connectivity index (χ2v) is 6.57. The third kappa shape index (κ3) is 4.03. The number of aromatic amines is 1. The van der Waals surface area contributed by atoms with Gasteiger partial charge in [0.25, 0.3) is 0 Å². The SMILES string of the molecule is COc1ccc(CNC(=O)Cn2cc(Cc3c[nH]c4ccccc34)nn2)cc1. The highest BCUT2D eigenvalue weighted by atomic mass is 16.5. The number of carbonyl (C=O) groups excluding carboxylic acids is 1. The minimum Gasteiger partial charge on any atom is -0.497 e. The summed E-state index contributed by atoms with van der Waals surface area (Å²) in [5, 5.41) is 12.3. The predicted octanol–water partition coefficient (Wildman–Crippen LogP) is 2.68. The molecule has 2 N–H and O–H groups in total. The number of nitrogens with one attached hydrogen (secondary N) is 2. The molecule has 0 atom stereocenters. The summed E-state index contributed by atoms with van der Waals surface area (Å²) in [5.41, 5.74) is 4.09. The molecule has 2 aromatic heterocycles. The zero-order valence-corrected chi connectivity index (χ0v) is 15.6. The smallest absolute Gasteiger partial charge is 0.242 e. The van der Waals surface area contributed by atoms with Crippen molar-refractivity contribution >= 4 is 16.8 Å². The Hall–Kier alpha value is -3.61. The fourth-order valence-electron chi connectivity index (χ4n) is 3.12. The second kappa shape index (κ2) is 7.96. The summed E-state index contributed by atoms with van der Waals surface area (Å²) < 4.78 is 6.69. The molecule has 0 spiro atoms. The topological polar surface area (TPSA) is 84.8 Å². The Kier molecular flexibility index (Phi) is 5.05. The van der Waals surface area contributed by atoms with Crippen LogP contribution in [0.2, 0.25) is 0 Å². The van der Waals surface area contributed by atoms with E-state index in [1.165, 1.54) is 5.39 Å². The van der Waals surface area contributed by atoms with Crippen LogP contribution in [0, 0.1) is 0 Å². The Morgan fingerprint density at radius 1 is 1.18 bits per heavy atom. The van der Waals surface area contributed by atoms with Gasteiger partial charge in [-0.2, -0.15) is 0 Å². The highest BCUT2D eigenvalue weighted by molar-refractivity contribution is 5.83. The minimum atomic E-state index is -0.112. The lowest BCUT2D eigenvalue weighted by Crippen LogP contribution is -2.27. The van der Waals surface area contributed by atoms with Gasteiger partial charge in [-0.25, -0.2) is 4.68 Å². The largest absolute Gasteiger partial charge is 0.497 e. The molecule has 0 aliphatic rings. The molecule has 0 unspecified atom stereocenters. The molecule has 0 aliphatic carbocycles. The Labute approximate surface area is 162 Å². The Morgan fingerprint density at radius 3 is 2.82 bits per heavy atom. The minimum absolute atomic E-state index is 0.112. The molecular weight excluding hydrogens is 354 g/mol. The average molecular weight is 375 g/mol. The van der Waals surface area contributed by atoms with E-state index in [-0.39, 0.29) is 12.5 Å². The number of fused-ring (bicyclic) bond motifs is 1. The molecule has 0 radical (unpaired) electrons. The molecule has 0 saturated carbocycles. The monoisotopic (exact) mass is 375 g/mol. The van der Waals surface area contributed by atoms with Gasteiger partial charge in [-0.05, 0) is 29.3 Å². The van der Waals surface area contributed by atoms with Crippen molar-refractivity contribution in [3.63, 3.8) is 0 Å². The van der Waals surface area contributed by atoms with Crippen LogP contribution in [0.4, 0.5) is 0 Å². The molecule has 0 fully saturated rings. The van der Waals surface area contributed by atoms with E-state index in [0.29, 0.717) is 13.0 Å². The van der Waals surface area contributed by atoms with Crippen LogP contribution < -0.4 is 10.1 Å². The number of amides is 1. The first kappa shape index (κ1) is 17.8. The zero-order chi connectivity index (χ0) is 19.3. The number of aromatic nitrogens is 4. The number of H-pyrrole nitrogens is 1. The second-order valence-electron chi connectivity index (χ2n) is 6.57. The van der Waals surface area contributed by atoms with Gasteiger partial charge in [0.05, 0.1) is 12.8 Å². The lowest BCUT2D eigenvalue weighted by Gasteiger charge is -2.06. The molecule has 28 heavy (non-hydrogen) atoms. The summed E-state index contributed by atoms with van der Waals surface area (Å²) in [6, 6.07) is 15.7. The zero-order valence-electron chi connectivity index (χ0n) is 15.6. The van der Waals surface area contributed by atoms with Crippen molar-refractivity contribution in [2.75, 3.05) is 7.11 Å². The average Bonchev–Trinajstić information content (AvgIpc) is 3.34. The molecule has 0 bridgehead atoms. The number of ether oxygens (including phenoxy) is 1. The maximum absolute atomic E-state index is 12.2. The highest BCUT2D eigenvalue weighted by Crippen LogP contribution is 2.19. The lowest BCUT2D eigenvalue weighted by molar-refractivity contribution is -0.122. The van der Waals surface area contributed by atoms with Gasteiger partial charge in [0, 0.05) is 36.3 Å². The van der Waals surface area contributed by atoms with Gasteiger partial charge in [-0.1, -0.05) is 35.5 Å². The van der Waals surface area contributed by atoms with Crippen LogP contribution in [0.1, 0.15) is 16.8 Å². The number of para-hydroxylation sites is 1. The van der Waals surface area contributed by atoms with Crippen molar-refractivity contribution in [2.45, 2.75) is 19.5 Å². The van der Waals surface area contributed by atoms with Crippen molar-refractivity contribution in [2.24, 2.45) is 0 Å². The highest BCUT2D eigenvalue weighted by Gasteiger charge is 2.09. The number of rotatable bonds is 7. The quantitative estimate of drug-likeness (QED) is 0.520. The third-order valence-corrected chi connectivity index (χ3v) is 4.59. The van der Waals surface area contributed by atoms with E-state index in [1.807, 2.05) is 54.9 Å². The molecule has 0 saturated heterocycles. The van der Waals surface area contributed by atoms with E-state index in [4.69, 9.17) is 4.74 Å². The number of benzene rings is 2. The van der Waals surface area contributed by atoms with Gasteiger partial charge in [0.15, 0.2) is 0 Å². The normalized spacial score (nSPS) is 10.9. The molecule has 0 aliphatic heterocycles. The van der Waals surface area contributed by atoms with Crippen molar-refractivity contribution in [1.29, 1.82) is 0 Å². The predicted molar refractivity (Wildman–Crippen MR) is 106 cm³/mol. The fourth-order valence-corrected chi connectivity index (χ4v) is 3.12. The summed E-state index contributed by atoms with van der Waals surface area (Å²) >= 11 is 0. The van der Waals surface area contributed by atoms with E-state index in [9.17, 15) is 4.79 Å². The summed E-state index contributed by atoms with van der Waals surface area (Å²) in [7, 11) is 1.63. The lowest BCUT2D eigenvalue weighted by atomic mass is 10.1. The maximum atomic E-state index is 12.2. The first-order valence-corrected chi connectivity index (χ1v) is 9.05. The van der Waals surface area contributed by atoms with Gasteiger partial charge in [0.2, 0.25) is 5.91 Å². The van der Waals surface area contributed by atoms with Crippen LogP contribution in [-0.4, -0.2) is 33.0 Å². The molecule has 4 rings (SSSR count). The summed E-state index contributed by atoms with van der Waals surface area (Å²) in [4.78, 5) is 15.4. The van der Waals surface area contributed by atoms with Gasteiger partial charge >= 0.3 is 0 Å². The number of hydrogen-bond acceptors (Lipinski definition) is 4. The van der Waals surface area contributed by atoms with Crippen LogP contribution in [-0.2, 0) is 24.3 Å². The van der Waals surface area contributed by atoms with Crippen LogP contribution in [0.25, 0.3) is 10.9 Å². The van der Waals surface area contributed by atoms with Crippen LogP contribution in [0.15, 0.2) is 60.9 Å². The van der Waals surface area contributed by atoms with Crippen molar-refractivity contribution in [3.8, 4) is 5.75 Å². The Bertz CT molecular complexity index is 1080. The Balaban J connectivity index is 1.33. The molecule has 4 aromatic rings. The third-order valence-electron chi connectivity index (χ3n) is 4.59. The fraction of sp³-hybridized carbons (Fsp3) is 0.190. The van der Waals surface area contributed by atoms with Crippen molar-refractivity contribution in [3.05, 3.63) is 77.7 Å². The Morgan fingerprint density at radius 2 is 2.00 bits per heavy atom. The standard InChI is InChI=1S/C21H21N5O2/c1-28-18-8-6-15(7-9-18)11-23-21(27)14-26-13-17(24-25-26)10-16-12-22-20-5-3-2-4-19(16)20/h2-9,12-13,22H,10-11,14H2,1H3,(H,23,27). The molecule has 7 heteroatoms. The molecule has 2 heterocycles. The van der Waals surface area contributed by atoms with Crippen LogP contribution in [0.5, 0.6) is 5.75 Å². The number of carbonyl (C=O) groups is 1. The van der Waals surface area contributed by atoms with Crippen LogP contribution >= 0.6 is 0 Å². The van der Waals surface area contributed by atoms with E-state index >= 15 is 0 Å². The van der Waals surface area contributed by atoms with Gasteiger partial charge in [-0.15, -0.1) is 5.10 Å². The summed E-state index contributed by atoms with van der Waals surface area (Å²) in [6.45, 7) is 0.594. The number of hydrogen-bond donors (Lipinski definition) is 2. The summed E-state index contributed by atoms with van der Waals surface area (Å²) in [5.74, 6) is 0.680. The first-order chi connectivity index (χ1) is 13.7. The number of methoxy groups -OCH3 is 1. The maximum Gasteiger partial charge on any atom is 0.242 e. The number of nitrogens with zero attached hydrogens (tertiary/aromatic N) is 3. The molecule has 1 amide bonds. The van der Waals surface area contributed by atoms with Crippen molar-refractivity contribution < 1.29 is 9.53 Å². The van der Waals surface area contributed by atoms with Gasteiger partial charge < -0.3 is 15.0 Å². The molecule has 7 nitrogen and oxygen atoms in total. The molecular formula is C21H21N5O2. The van der Waals surface area contributed by atoms with E-state index in [0.717, 1.165) is 28.1 Å². The first-order valence-electron chi connectivity index (χ1n) is 9.05.